The van der Waals surface area contributed by atoms with Crippen LogP contribution < -0.4 is 0 Å². The molecule has 1 aliphatic heterocycles. The first-order chi connectivity index (χ1) is 9.61. The Morgan fingerprint density at radius 3 is 2.85 bits per heavy atom. The first kappa shape index (κ1) is 12.6. The molecule has 1 unspecified atom stereocenters. The zero-order valence-electron chi connectivity index (χ0n) is 10.8. The van der Waals surface area contributed by atoms with Gasteiger partial charge in [0.15, 0.2) is 0 Å². The molecule has 0 bridgehead atoms. The minimum atomic E-state index is -0.414. The summed E-state index contributed by atoms with van der Waals surface area (Å²) in [6.45, 7) is 0. The number of hydrogen-bond donors (Lipinski definition) is 1. The SMILES string of the molecule is [B]N=Nc1ccc2c(C3CC(=O)N(C)C3=O)c[nH]c2c1. The van der Waals surface area contributed by atoms with Crippen molar-refractivity contribution in [2.75, 3.05) is 7.05 Å². The van der Waals surface area contributed by atoms with Crippen molar-refractivity contribution in [1.29, 1.82) is 0 Å². The van der Waals surface area contributed by atoms with E-state index in [9.17, 15) is 9.59 Å². The van der Waals surface area contributed by atoms with Crippen LogP contribution in [0.4, 0.5) is 5.69 Å². The van der Waals surface area contributed by atoms with E-state index in [4.69, 9.17) is 7.98 Å². The molecule has 2 aromatic rings. The Hall–Kier alpha value is -2.44. The number of hydrogen-bond acceptors (Lipinski definition) is 4. The highest BCUT2D eigenvalue weighted by molar-refractivity contribution is 6.07. The molecule has 6 nitrogen and oxygen atoms in total. The van der Waals surface area contributed by atoms with E-state index >= 15 is 0 Å². The van der Waals surface area contributed by atoms with Crippen LogP contribution in [0.1, 0.15) is 17.9 Å². The van der Waals surface area contributed by atoms with E-state index in [2.05, 4.69) is 15.1 Å². The summed E-state index contributed by atoms with van der Waals surface area (Å²) in [5.74, 6) is -0.729. The Balaban J connectivity index is 2.05. The van der Waals surface area contributed by atoms with Crippen molar-refractivity contribution in [3.8, 4) is 0 Å². The molecule has 0 aliphatic carbocycles. The maximum absolute atomic E-state index is 12.1. The third-order valence-electron chi connectivity index (χ3n) is 3.63. The number of aromatic amines is 1. The average Bonchev–Trinajstić information content (AvgIpc) is 2.95. The van der Waals surface area contributed by atoms with Crippen LogP contribution in [-0.2, 0) is 9.59 Å². The summed E-state index contributed by atoms with van der Waals surface area (Å²) < 4.78 is 0. The number of imide groups is 1. The van der Waals surface area contributed by atoms with Gasteiger partial charge in [0, 0.05) is 30.6 Å². The van der Waals surface area contributed by atoms with E-state index in [-0.39, 0.29) is 18.2 Å². The number of carbonyl (C=O) groups excluding carboxylic acids is 2. The number of benzene rings is 1. The molecule has 0 saturated carbocycles. The van der Waals surface area contributed by atoms with Crippen LogP contribution in [-0.4, -0.2) is 36.7 Å². The Morgan fingerprint density at radius 1 is 1.40 bits per heavy atom. The quantitative estimate of drug-likeness (QED) is 0.511. The number of amides is 2. The van der Waals surface area contributed by atoms with Crippen molar-refractivity contribution in [3.63, 3.8) is 0 Å². The summed E-state index contributed by atoms with van der Waals surface area (Å²) in [4.78, 5) is 28.0. The van der Waals surface area contributed by atoms with E-state index in [1.54, 1.807) is 18.3 Å². The molecule has 1 N–H and O–H groups in total. The third-order valence-corrected chi connectivity index (χ3v) is 3.63. The average molecular weight is 266 g/mol. The number of rotatable bonds is 2. The second kappa shape index (κ2) is 4.59. The second-order valence-corrected chi connectivity index (χ2v) is 4.74. The fraction of sp³-hybridized carbons (Fsp3) is 0.231. The number of H-pyrrole nitrogens is 1. The van der Waals surface area contributed by atoms with Gasteiger partial charge in [-0.2, -0.15) is 5.11 Å². The standard InChI is InChI=1S/C13H11BN4O2/c1-18-12(19)5-9(13(18)20)10-6-15-11-4-7(16-17-14)2-3-8(10)11/h2-4,6,9,15H,5H2,1H3. The molecule has 1 aromatic carbocycles. The number of likely N-dealkylation sites (tertiary alicyclic amines) is 1. The summed E-state index contributed by atoms with van der Waals surface area (Å²) >= 11 is 0. The molecule has 98 valence electrons. The van der Waals surface area contributed by atoms with Gasteiger partial charge in [0.05, 0.1) is 11.6 Å². The van der Waals surface area contributed by atoms with Crippen LogP contribution in [0.25, 0.3) is 10.9 Å². The molecule has 7 heteroatoms. The number of fused-ring (bicyclic) bond motifs is 1. The molecule has 1 fully saturated rings. The van der Waals surface area contributed by atoms with Crippen molar-refractivity contribution >= 4 is 36.4 Å². The third kappa shape index (κ3) is 1.82. The summed E-state index contributed by atoms with van der Waals surface area (Å²) in [6, 6.07) is 5.41. The molecule has 20 heavy (non-hydrogen) atoms. The van der Waals surface area contributed by atoms with Crippen molar-refractivity contribution in [2.24, 2.45) is 10.1 Å². The van der Waals surface area contributed by atoms with Crippen LogP contribution in [0.2, 0.25) is 0 Å². The van der Waals surface area contributed by atoms with E-state index in [0.29, 0.717) is 5.69 Å². The lowest BCUT2D eigenvalue weighted by molar-refractivity contribution is -0.137. The summed E-state index contributed by atoms with van der Waals surface area (Å²) in [6.07, 6.45) is 1.98. The number of likely N-dealkylation sites (N-methyl/N-ethyl adjacent to an activating group) is 1. The number of nitrogens with one attached hydrogen (secondary N) is 1. The summed E-state index contributed by atoms with van der Waals surface area (Å²) in [7, 11) is 6.53. The predicted molar refractivity (Wildman–Crippen MR) is 73.7 cm³/mol. The fourth-order valence-electron chi connectivity index (χ4n) is 2.55. The monoisotopic (exact) mass is 266 g/mol. The van der Waals surface area contributed by atoms with Crippen molar-refractivity contribution in [1.82, 2.24) is 9.88 Å². The Kier molecular flexibility index (Phi) is 2.89. The van der Waals surface area contributed by atoms with Gasteiger partial charge < -0.3 is 4.98 Å². The lowest BCUT2D eigenvalue weighted by Crippen LogP contribution is -2.25. The molecule has 3 rings (SSSR count). The van der Waals surface area contributed by atoms with Crippen molar-refractivity contribution in [3.05, 3.63) is 30.0 Å². The van der Waals surface area contributed by atoms with Crippen LogP contribution in [0.15, 0.2) is 34.5 Å². The second-order valence-electron chi connectivity index (χ2n) is 4.74. The Morgan fingerprint density at radius 2 is 2.20 bits per heavy atom. The number of carbonyl (C=O) groups is 2. The fourth-order valence-corrected chi connectivity index (χ4v) is 2.55. The molecule has 2 amide bonds. The first-order valence-electron chi connectivity index (χ1n) is 6.14. The van der Waals surface area contributed by atoms with Gasteiger partial charge in [-0.25, -0.2) is 0 Å². The van der Waals surface area contributed by atoms with E-state index < -0.39 is 5.92 Å². The lowest BCUT2D eigenvalue weighted by Gasteiger charge is -2.07. The van der Waals surface area contributed by atoms with E-state index in [1.807, 2.05) is 6.07 Å². The van der Waals surface area contributed by atoms with Crippen molar-refractivity contribution in [2.45, 2.75) is 12.3 Å². The van der Waals surface area contributed by atoms with Gasteiger partial charge in [-0.1, -0.05) is 6.07 Å². The minimum absolute atomic E-state index is 0.150. The van der Waals surface area contributed by atoms with Crippen LogP contribution >= 0.6 is 0 Å². The topological polar surface area (TPSA) is 77.9 Å². The van der Waals surface area contributed by atoms with E-state index in [0.717, 1.165) is 16.5 Å². The lowest BCUT2D eigenvalue weighted by atomic mass is 9.97. The first-order valence-corrected chi connectivity index (χ1v) is 6.14. The van der Waals surface area contributed by atoms with Gasteiger partial charge in [-0.15, -0.1) is 0 Å². The molecular formula is C13H11BN4O2. The van der Waals surface area contributed by atoms with Crippen LogP contribution in [0.5, 0.6) is 0 Å². The highest BCUT2D eigenvalue weighted by Crippen LogP contribution is 2.34. The zero-order chi connectivity index (χ0) is 14.3. The minimum Gasteiger partial charge on any atom is -0.361 e. The Bertz CT molecular complexity index is 737. The summed E-state index contributed by atoms with van der Waals surface area (Å²) in [5, 5.41) is 7.90. The number of aromatic nitrogens is 1. The highest BCUT2D eigenvalue weighted by atomic mass is 16.2. The Labute approximate surface area is 116 Å². The molecule has 1 saturated heterocycles. The molecule has 2 radical (unpaired) electrons. The maximum atomic E-state index is 12.1. The largest absolute Gasteiger partial charge is 0.361 e. The molecule has 1 aliphatic rings. The molecular weight excluding hydrogens is 255 g/mol. The van der Waals surface area contributed by atoms with Crippen LogP contribution in [0.3, 0.4) is 0 Å². The van der Waals surface area contributed by atoms with Gasteiger partial charge in [0.25, 0.3) is 7.98 Å². The van der Waals surface area contributed by atoms with Gasteiger partial charge in [0.1, 0.15) is 0 Å². The predicted octanol–water partition coefficient (Wildman–Crippen LogP) is 1.81. The van der Waals surface area contributed by atoms with Gasteiger partial charge in [0.2, 0.25) is 11.8 Å². The molecule has 0 spiro atoms. The zero-order valence-corrected chi connectivity index (χ0v) is 10.8. The molecule has 1 aromatic heterocycles. The molecule has 2 heterocycles. The van der Waals surface area contributed by atoms with Gasteiger partial charge in [-0.3, -0.25) is 19.5 Å². The normalized spacial score (nSPS) is 19.6. The van der Waals surface area contributed by atoms with Crippen molar-refractivity contribution < 1.29 is 9.59 Å². The number of nitrogens with zero attached hydrogens (tertiary/aromatic N) is 3. The van der Waals surface area contributed by atoms with Gasteiger partial charge >= 0.3 is 0 Å². The maximum Gasteiger partial charge on any atom is 0.293 e. The van der Waals surface area contributed by atoms with E-state index in [1.165, 1.54) is 11.9 Å². The summed E-state index contributed by atoms with van der Waals surface area (Å²) in [5.41, 5.74) is 2.29. The molecule has 1 atom stereocenters. The smallest absolute Gasteiger partial charge is 0.293 e. The van der Waals surface area contributed by atoms with Crippen LogP contribution in [0, 0.1) is 0 Å². The highest BCUT2D eigenvalue weighted by Gasteiger charge is 2.38. The van der Waals surface area contributed by atoms with Gasteiger partial charge in [-0.05, 0) is 17.7 Å².